The van der Waals surface area contributed by atoms with Gasteiger partial charge in [0.05, 0.1) is 3.79 Å². The van der Waals surface area contributed by atoms with Gasteiger partial charge in [-0.25, -0.2) is 0 Å². The van der Waals surface area contributed by atoms with Gasteiger partial charge in [0.15, 0.2) is 0 Å². The number of thiophene rings is 1. The monoisotopic (exact) mass is 301 g/mol. The summed E-state index contributed by atoms with van der Waals surface area (Å²) in [6, 6.07) is 5.19. The quantitative estimate of drug-likeness (QED) is 0.795. The first-order chi connectivity index (χ1) is 7.79. The molecule has 0 saturated heterocycles. The Morgan fingerprint density at radius 1 is 1.50 bits per heavy atom. The second-order valence-electron chi connectivity index (χ2n) is 4.60. The molecule has 0 amide bonds. The molecule has 1 N–H and O–H groups in total. The third-order valence-electron chi connectivity index (χ3n) is 3.22. The summed E-state index contributed by atoms with van der Waals surface area (Å²) in [5, 5.41) is 3.63. The molecule has 0 bridgehead atoms. The molecule has 1 nitrogen and oxygen atoms in total. The zero-order valence-electron chi connectivity index (χ0n) is 9.84. The van der Waals surface area contributed by atoms with Crippen molar-refractivity contribution in [2.24, 2.45) is 5.92 Å². The van der Waals surface area contributed by atoms with E-state index in [-0.39, 0.29) is 0 Å². The van der Waals surface area contributed by atoms with E-state index >= 15 is 0 Å². The Morgan fingerprint density at radius 2 is 2.31 bits per heavy atom. The molecule has 0 spiro atoms. The third-order valence-corrected chi connectivity index (χ3v) is 4.91. The van der Waals surface area contributed by atoms with E-state index in [0.717, 1.165) is 18.5 Å². The average molecular weight is 302 g/mol. The number of aryl methyl sites for hydroxylation is 1. The molecule has 1 aliphatic carbocycles. The van der Waals surface area contributed by atoms with Gasteiger partial charge in [0.25, 0.3) is 0 Å². The van der Waals surface area contributed by atoms with Crippen LogP contribution < -0.4 is 5.32 Å². The van der Waals surface area contributed by atoms with Crippen molar-refractivity contribution in [1.82, 2.24) is 5.32 Å². The van der Waals surface area contributed by atoms with Crippen LogP contribution in [0.25, 0.3) is 0 Å². The van der Waals surface area contributed by atoms with Gasteiger partial charge in [0, 0.05) is 10.9 Å². The highest BCUT2D eigenvalue weighted by Crippen LogP contribution is 2.34. The number of hydrogen-bond acceptors (Lipinski definition) is 2. The molecule has 1 aliphatic rings. The summed E-state index contributed by atoms with van der Waals surface area (Å²) >= 11 is 5.39. The summed E-state index contributed by atoms with van der Waals surface area (Å²) in [5.74, 6) is 0.982. The van der Waals surface area contributed by atoms with E-state index in [4.69, 9.17) is 0 Å². The molecule has 1 unspecified atom stereocenters. The smallest absolute Gasteiger partial charge is 0.0701 e. The molecule has 0 radical (unpaired) electrons. The third kappa shape index (κ3) is 3.86. The normalized spacial score (nSPS) is 17.6. The predicted octanol–water partition coefficient (Wildman–Crippen LogP) is 4.22. The highest BCUT2D eigenvalue weighted by atomic mass is 79.9. The van der Waals surface area contributed by atoms with E-state index in [2.05, 4.69) is 40.3 Å². The standard InChI is InChI=1S/C13H20BrNS/c1-2-15-12(10-6-7-10)5-3-4-11-8-9-13(14)16-11/h8-10,12,15H,2-7H2,1H3. The summed E-state index contributed by atoms with van der Waals surface area (Å²) < 4.78 is 1.26. The maximum atomic E-state index is 3.63. The minimum Gasteiger partial charge on any atom is -0.314 e. The molecule has 1 aromatic rings. The van der Waals surface area contributed by atoms with Crippen LogP contribution >= 0.6 is 27.3 Å². The van der Waals surface area contributed by atoms with Crippen molar-refractivity contribution in [2.75, 3.05) is 6.54 Å². The van der Waals surface area contributed by atoms with E-state index in [1.807, 2.05) is 11.3 Å². The number of hydrogen-bond donors (Lipinski definition) is 1. The van der Waals surface area contributed by atoms with Crippen LogP contribution in [-0.2, 0) is 6.42 Å². The van der Waals surface area contributed by atoms with Gasteiger partial charge in [-0.2, -0.15) is 0 Å². The van der Waals surface area contributed by atoms with Gasteiger partial charge < -0.3 is 5.32 Å². The maximum absolute atomic E-state index is 3.63. The number of halogens is 1. The van der Waals surface area contributed by atoms with E-state index in [9.17, 15) is 0 Å². The lowest BCUT2D eigenvalue weighted by molar-refractivity contribution is 0.435. The van der Waals surface area contributed by atoms with Gasteiger partial charge in [-0.15, -0.1) is 11.3 Å². The van der Waals surface area contributed by atoms with E-state index in [0.29, 0.717) is 0 Å². The van der Waals surface area contributed by atoms with Crippen molar-refractivity contribution in [2.45, 2.75) is 45.1 Å². The van der Waals surface area contributed by atoms with Gasteiger partial charge in [-0.3, -0.25) is 0 Å². The first-order valence-electron chi connectivity index (χ1n) is 6.27. The molecule has 1 heterocycles. The zero-order chi connectivity index (χ0) is 11.4. The second kappa shape index (κ2) is 6.18. The van der Waals surface area contributed by atoms with Crippen LogP contribution in [0.1, 0.15) is 37.5 Å². The lowest BCUT2D eigenvalue weighted by atomic mass is 10.0. The van der Waals surface area contributed by atoms with Gasteiger partial charge in [0.2, 0.25) is 0 Å². The van der Waals surface area contributed by atoms with E-state index < -0.39 is 0 Å². The Balaban J connectivity index is 1.69. The maximum Gasteiger partial charge on any atom is 0.0701 e. The van der Waals surface area contributed by atoms with Gasteiger partial charge in [-0.1, -0.05) is 6.92 Å². The molecule has 3 heteroatoms. The summed E-state index contributed by atoms with van der Waals surface area (Å²) in [4.78, 5) is 1.51. The number of nitrogens with one attached hydrogen (secondary N) is 1. The minimum atomic E-state index is 0.786. The molecule has 0 aliphatic heterocycles. The summed E-state index contributed by atoms with van der Waals surface area (Å²) in [6.07, 6.45) is 6.80. The molecule has 1 aromatic heterocycles. The molecular weight excluding hydrogens is 282 g/mol. The Bertz CT molecular complexity index is 319. The van der Waals surface area contributed by atoms with Crippen LogP contribution in [0.15, 0.2) is 15.9 Å². The van der Waals surface area contributed by atoms with Crippen LogP contribution in [-0.4, -0.2) is 12.6 Å². The van der Waals surface area contributed by atoms with Gasteiger partial charge in [-0.05, 0) is 72.6 Å². The largest absolute Gasteiger partial charge is 0.314 e. The molecule has 1 atom stereocenters. The van der Waals surface area contributed by atoms with Gasteiger partial charge >= 0.3 is 0 Å². The highest BCUT2D eigenvalue weighted by molar-refractivity contribution is 9.11. The lowest BCUT2D eigenvalue weighted by Crippen LogP contribution is -2.30. The first-order valence-corrected chi connectivity index (χ1v) is 7.88. The van der Waals surface area contributed by atoms with E-state index in [1.54, 1.807) is 0 Å². The summed E-state index contributed by atoms with van der Waals surface area (Å²) in [7, 11) is 0. The lowest BCUT2D eigenvalue weighted by Gasteiger charge is -2.16. The molecule has 2 rings (SSSR count). The Kier molecular flexibility index (Phi) is 4.86. The van der Waals surface area contributed by atoms with Crippen LogP contribution in [0.4, 0.5) is 0 Å². The van der Waals surface area contributed by atoms with Crippen LogP contribution in [0.5, 0.6) is 0 Å². The Hall–Kier alpha value is 0.140. The van der Waals surface area contributed by atoms with E-state index in [1.165, 1.54) is 40.8 Å². The second-order valence-corrected chi connectivity index (χ2v) is 7.15. The van der Waals surface area contributed by atoms with Crippen LogP contribution in [0.2, 0.25) is 0 Å². The van der Waals surface area contributed by atoms with Crippen LogP contribution in [0.3, 0.4) is 0 Å². The fraction of sp³-hybridized carbons (Fsp3) is 0.692. The van der Waals surface area contributed by atoms with Crippen molar-refractivity contribution < 1.29 is 0 Å². The summed E-state index contributed by atoms with van der Waals surface area (Å²) in [6.45, 7) is 3.33. The Labute approximate surface area is 111 Å². The molecule has 0 aromatic carbocycles. The number of rotatable bonds is 7. The molecule has 90 valence electrons. The average Bonchev–Trinajstić information content (AvgIpc) is 3.02. The summed E-state index contributed by atoms with van der Waals surface area (Å²) in [5.41, 5.74) is 0. The van der Waals surface area contributed by atoms with Crippen LogP contribution in [0, 0.1) is 5.92 Å². The highest BCUT2D eigenvalue weighted by Gasteiger charge is 2.29. The van der Waals surface area contributed by atoms with Crippen molar-refractivity contribution in [1.29, 1.82) is 0 Å². The van der Waals surface area contributed by atoms with Crippen molar-refractivity contribution in [3.63, 3.8) is 0 Å². The zero-order valence-corrected chi connectivity index (χ0v) is 12.2. The first kappa shape index (κ1) is 12.6. The molecule has 1 fully saturated rings. The van der Waals surface area contributed by atoms with Gasteiger partial charge in [0.1, 0.15) is 0 Å². The minimum absolute atomic E-state index is 0.786. The molecule has 1 saturated carbocycles. The topological polar surface area (TPSA) is 12.0 Å². The van der Waals surface area contributed by atoms with Crippen molar-refractivity contribution in [3.8, 4) is 0 Å². The SMILES string of the molecule is CCNC(CCCc1ccc(Br)s1)C1CC1. The van der Waals surface area contributed by atoms with Crippen molar-refractivity contribution >= 4 is 27.3 Å². The fourth-order valence-corrected chi connectivity index (χ4v) is 3.77. The Morgan fingerprint density at radius 3 is 2.88 bits per heavy atom. The predicted molar refractivity (Wildman–Crippen MR) is 75.1 cm³/mol. The fourth-order valence-electron chi connectivity index (χ4n) is 2.25. The molecule has 16 heavy (non-hydrogen) atoms. The molecular formula is C13H20BrNS. The van der Waals surface area contributed by atoms with Crippen molar-refractivity contribution in [3.05, 3.63) is 20.8 Å².